The van der Waals surface area contributed by atoms with Gasteiger partial charge in [0.05, 0.1) is 5.69 Å². The maximum absolute atomic E-state index is 6.52. The van der Waals surface area contributed by atoms with Gasteiger partial charge in [0.2, 0.25) is 0 Å². The number of benzene rings is 4. The van der Waals surface area contributed by atoms with Gasteiger partial charge < -0.3 is 14.2 Å². The van der Waals surface area contributed by atoms with Crippen molar-refractivity contribution in [3.8, 4) is 16.8 Å². The molecule has 6 aliphatic carbocycles. The van der Waals surface area contributed by atoms with Crippen LogP contribution in [0.3, 0.4) is 0 Å². The first kappa shape index (κ1) is 36.3. The first-order valence-electron chi connectivity index (χ1n) is 22.4. The van der Waals surface area contributed by atoms with Crippen molar-refractivity contribution in [3.63, 3.8) is 0 Å². The third-order valence-electron chi connectivity index (χ3n) is 14.1. The van der Waals surface area contributed by atoms with Crippen LogP contribution in [-0.2, 0) is 16.6 Å². The third-order valence-corrected chi connectivity index (χ3v) is 14.1. The van der Waals surface area contributed by atoms with Crippen LogP contribution in [0, 0.1) is 0 Å². The van der Waals surface area contributed by atoms with Crippen LogP contribution in [0.4, 0.5) is 11.4 Å². The zero-order chi connectivity index (χ0) is 40.7. The van der Waals surface area contributed by atoms with Gasteiger partial charge in [0.25, 0.3) is 0 Å². The molecule has 1 unspecified atom stereocenters. The number of anilines is 2. The molecular formula is C58H50N2O. The first-order valence-corrected chi connectivity index (χ1v) is 22.4. The maximum atomic E-state index is 6.52. The van der Waals surface area contributed by atoms with Crippen LogP contribution < -0.4 is 4.90 Å². The molecule has 2 bridgehead atoms. The van der Waals surface area contributed by atoms with Gasteiger partial charge in [-0.05, 0) is 138 Å². The molecule has 298 valence electrons. The summed E-state index contributed by atoms with van der Waals surface area (Å²) in [6.07, 6.45) is 36.3. The van der Waals surface area contributed by atoms with Crippen molar-refractivity contribution in [1.29, 1.82) is 0 Å². The molecule has 1 aliphatic heterocycles. The molecule has 7 aliphatic rings. The number of fused-ring (bicyclic) bond motifs is 9. The van der Waals surface area contributed by atoms with E-state index in [1.807, 2.05) is 0 Å². The predicted octanol–water partition coefficient (Wildman–Crippen LogP) is 15.0. The smallest absolute Gasteiger partial charge is 0.111 e. The first-order chi connectivity index (χ1) is 30.0. The Balaban J connectivity index is 0.871. The van der Waals surface area contributed by atoms with Crippen molar-refractivity contribution in [2.45, 2.75) is 76.5 Å². The van der Waals surface area contributed by atoms with E-state index < -0.39 is 0 Å². The third kappa shape index (κ3) is 6.00. The molecule has 3 heteroatoms. The van der Waals surface area contributed by atoms with Crippen LogP contribution in [0.2, 0.25) is 0 Å². The molecule has 1 atom stereocenters. The minimum atomic E-state index is -0.0737. The topological polar surface area (TPSA) is 17.4 Å². The van der Waals surface area contributed by atoms with Crippen LogP contribution in [0.25, 0.3) is 40.6 Å². The van der Waals surface area contributed by atoms with E-state index >= 15 is 0 Å². The largest absolute Gasteiger partial charge is 0.465 e. The number of hydrogen-bond donors (Lipinski definition) is 0. The minimum Gasteiger partial charge on any atom is -0.465 e. The van der Waals surface area contributed by atoms with Gasteiger partial charge in [0.1, 0.15) is 11.5 Å². The van der Waals surface area contributed by atoms with Crippen LogP contribution in [0.15, 0.2) is 174 Å². The molecule has 1 aromatic heterocycles. The summed E-state index contributed by atoms with van der Waals surface area (Å²) in [6.45, 7) is 4.74. The van der Waals surface area contributed by atoms with Crippen LogP contribution in [0.1, 0.15) is 109 Å². The average molecular weight is 791 g/mol. The molecule has 0 N–H and O–H groups in total. The van der Waals surface area contributed by atoms with E-state index in [9.17, 15) is 0 Å². The lowest BCUT2D eigenvalue weighted by molar-refractivity contribution is 0.273. The Morgan fingerprint density at radius 2 is 1.49 bits per heavy atom. The van der Waals surface area contributed by atoms with Crippen LogP contribution >= 0.6 is 0 Å². The molecule has 0 fully saturated rings. The van der Waals surface area contributed by atoms with Gasteiger partial charge >= 0.3 is 0 Å². The van der Waals surface area contributed by atoms with E-state index in [1.165, 1.54) is 95.4 Å². The molecule has 0 spiro atoms. The number of hydrogen-bond acceptors (Lipinski definition) is 2. The normalized spacial score (nSPS) is 19.9. The highest BCUT2D eigenvalue weighted by Crippen LogP contribution is 2.51. The van der Waals surface area contributed by atoms with E-state index in [-0.39, 0.29) is 5.41 Å². The van der Waals surface area contributed by atoms with Gasteiger partial charge in [-0.3, -0.25) is 0 Å². The molecule has 61 heavy (non-hydrogen) atoms. The summed E-state index contributed by atoms with van der Waals surface area (Å²) in [6, 6.07) is 34.6. The Bertz CT molecular complexity index is 2940. The zero-order valence-corrected chi connectivity index (χ0v) is 35.1. The molecule has 0 saturated heterocycles. The Kier molecular flexibility index (Phi) is 8.49. The van der Waals surface area contributed by atoms with Gasteiger partial charge in [0, 0.05) is 69.3 Å². The van der Waals surface area contributed by atoms with Crippen molar-refractivity contribution >= 4 is 35.2 Å². The lowest BCUT2D eigenvalue weighted by Crippen LogP contribution is -2.19. The molecule has 2 heterocycles. The summed E-state index contributed by atoms with van der Waals surface area (Å²) in [5.74, 6) is 2.49. The highest BCUT2D eigenvalue weighted by Gasteiger charge is 2.36. The average Bonchev–Trinajstić information content (AvgIpc) is 3.67. The van der Waals surface area contributed by atoms with Crippen molar-refractivity contribution in [1.82, 2.24) is 4.57 Å². The van der Waals surface area contributed by atoms with Crippen molar-refractivity contribution in [2.75, 3.05) is 4.90 Å². The zero-order valence-electron chi connectivity index (χ0n) is 35.1. The van der Waals surface area contributed by atoms with Gasteiger partial charge in [-0.25, -0.2) is 0 Å². The van der Waals surface area contributed by atoms with Crippen molar-refractivity contribution in [2.24, 2.45) is 0 Å². The Morgan fingerprint density at radius 1 is 0.689 bits per heavy atom. The fourth-order valence-corrected chi connectivity index (χ4v) is 11.0. The van der Waals surface area contributed by atoms with E-state index in [0.29, 0.717) is 5.92 Å². The van der Waals surface area contributed by atoms with E-state index in [0.717, 1.165) is 62.9 Å². The second kappa shape index (κ2) is 14.3. The molecule has 4 aromatic carbocycles. The number of nitrogens with zero attached hydrogens (tertiary/aromatic N) is 2. The monoisotopic (exact) mass is 790 g/mol. The van der Waals surface area contributed by atoms with Gasteiger partial charge in [-0.15, -0.1) is 0 Å². The summed E-state index contributed by atoms with van der Waals surface area (Å²) >= 11 is 0. The van der Waals surface area contributed by atoms with Gasteiger partial charge in [-0.1, -0.05) is 123 Å². The minimum absolute atomic E-state index is 0.0737. The standard InChI is InChI=1S/C58H50N2O/c1-58(2)53-17-9-6-15-49(53)50-33-32-46(36-54(50)58)59(43-26-20-39(21-27-43)38-12-4-3-5-13-38)44-28-22-40(23-29-44)41-24-30-45(31-25-41)60-55-18-10-7-16-51(55)52-37-47-34-42(35-56(52)60)48-14-8-11-19-57(48)61-47/h4,6-9,12-17,20-22,24-33,35-37,40H,3,5,10-11,18-19,23,34H2,1-2H3. The summed E-state index contributed by atoms with van der Waals surface area (Å²) in [4.78, 5) is 2.46. The summed E-state index contributed by atoms with van der Waals surface area (Å²) in [7, 11) is 0. The number of ether oxygens (including phenoxy) is 1. The second-order valence-corrected chi connectivity index (χ2v) is 18.1. The number of rotatable bonds is 6. The maximum Gasteiger partial charge on any atom is 0.111 e. The molecule has 0 amide bonds. The van der Waals surface area contributed by atoms with Crippen molar-refractivity contribution in [3.05, 3.63) is 219 Å². The summed E-state index contributed by atoms with van der Waals surface area (Å²) in [5, 5.41) is 0. The van der Waals surface area contributed by atoms with Crippen LogP contribution in [-0.4, -0.2) is 4.57 Å². The quantitative estimate of drug-likeness (QED) is 0.170. The molecule has 0 radical (unpaired) electrons. The van der Waals surface area contributed by atoms with Crippen molar-refractivity contribution < 1.29 is 4.74 Å². The Morgan fingerprint density at radius 3 is 2.33 bits per heavy atom. The molecule has 12 rings (SSSR count). The fourth-order valence-electron chi connectivity index (χ4n) is 11.0. The molecule has 5 aromatic rings. The highest BCUT2D eigenvalue weighted by atomic mass is 16.5. The van der Waals surface area contributed by atoms with E-state index in [2.05, 4.69) is 187 Å². The Hall–Kier alpha value is -6.58. The lowest BCUT2D eigenvalue weighted by atomic mass is 9.82. The SMILES string of the molecule is CC1(C)c2ccccc2-c2ccc(N(C3=CCC(c4ccc(-n5c6c(c7c5CCC=C7)C=C5CC(=C6)C6=C(CCC=C6)O5)cc4)C=C3)c3ccc(C4=CCCC=C4)cc3)cc21. The second-order valence-electron chi connectivity index (χ2n) is 18.1. The lowest BCUT2D eigenvalue weighted by Gasteiger charge is -2.31. The van der Waals surface area contributed by atoms with E-state index in [1.54, 1.807) is 0 Å². The van der Waals surface area contributed by atoms with Crippen LogP contribution in [0.5, 0.6) is 0 Å². The number of allylic oxidation sites excluding steroid dienone is 13. The molecular weight excluding hydrogens is 741 g/mol. The predicted molar refractivity (Wildman–Crippen MR) is 254 cm³/mol. The van der Waals surface area contributed by atoms with Gasteiger partial charge in [0.15, 0.2) is 0 Å². The molecule has 3 nitrogen and oxygen atoms in total. The fraction of sp³-hybridized carbons (Fsp3) is 0.207. The van der Waals surface area contributed by atoms with Gasteiger partial charge in [-0.2, -0.15) is 0 Å². The molecule has 0 saturated carbocycles. The Labute approximate surface area is 360 Å². The van der Waals surface area contributed by atoms with E-state index in [4.69, 9.17) is 4.74 Å². The highest BCUT2D eigenvalue weighted by molar-refractivity contribution is 5.86. The number of aromatic nitrogens is 1. The summed E-state index contributed by atoms with van der Waals surface area (Å²) < 4.78 is 9.05. The summed E-state index contributed by atoms with van der Waals surface area (Å²) in [5.41, 5.74) is 22.1.